The third kappa shape index (κ3) is 4.32. The molecule has 3 heterocycles. The van der Waals surface area contributed by atoms with Crippen LogP contribution >= 0.6 is 0 Å². The van der Waals surface area contributed by atoms with Crippen molar-refractivity contribution in [1.82, 2.24) is 19.6 Å². The monoisotopic (exact) mass is 446 g/mol. The summed E-state index contributed by atoms with van der Waals surface area (Å²) in [6, 6.07) is 9.14. The van der Waals surface area contributed by atoms with Crippen molar-refractivity contribution in [3.05, 3.63) is 36.2 Å². The summed E-state index contributed by atoms with van der Waals surface area (Å²) < 4.78 is 1.47. The van der Waals surface area contributed by atoms with E-state index in [9.17, 15) is 15.2 Å². The fourth-order valence-electron chi connectivity index (χ4n) is 4.07. The van der Waals surface area contributed by atoms with Crippen molar-refractivity contribution in [1.29, 1.82) is 5.26 Å². The van der Waals surface area contributed by atoms with Gasteiger partial charge in [0, 0.05) is 11.5 Å². The van der Waals surface area contributed by atoms with E-state index >= 15 is 0 Å². The minimum absolute atomic E-state index is 0.0251. The number of nitriles is 1. The molecule has 0 spiro atoms. The Kier molecular flexibility index (Phi) is 5.34. The zero-order valence-corrected chi connectivity index (χ0v) is 18.4. The number of pyridine rings is 1. The van der Waals surface area contributed by atoms with Gasteiger partial charge in [-0.05, 0) is 37.8 Å². The summed E-state index contributed by atoms with van der Waals surface area (Å²) in [6.07, 6.45) is 6.45. The number of amides is 1. The minimum Gasteiger partial charge on any atom is -0.391 e. The molecule has 3 aromatic rings. The highest BCUT2D eigenvalue weighted by molar-refractivity contribution is 5.96. The minimum atomic E-state index is -0.443. The van der Waals surface area contributed by atoms with Gasteiger partial charge in [0.25, 0.3) is 0 Å². The Labute approximate surface area is 191 Å². The molecule has 3 aromatic heterocycles. The zero-order chi connectivity index (χ0) is 23.0. The van der Waals surface area contributed by atoms with E-state index in [-0.39, 0.29) is 17.4 Å². The number of carbonyl (C=O) groups is 1. The van der Waals surface area contributed by atoms with Crippen molar-refractivity contribution in [2.75, 3.05) is 16.0 Å². The molecule has 2 fully saturated rings. The average Bonchev–Trinajstić information content (AvgIpc) is 3.42. The van der Waals surface area contributed by atoms with Gasteiger partial charge in [0.1, 0.15) is 23.5 Å². The Morgan fingerprint density at radius 3 is 2.79 bits per heavy atom. The van der Waals surface area contributed by atoms with Gasteiger partial charge in [-0.2, -0.15) is 9.78 Å². The number of aromatic nitrogens is 4. The second kappa shape index (κ2) is 8.33. The third-order valence-corrected chi connectivity index (χ3v) is 6.45. The van der Waals surface area contributed by atoms with Gasteiger partial charge >= 0.3 is 0 Å². The standard InChI is InChI=1S/C23H26N8O2/c1-23(9-10-23)22(33)29-19-8-4-7-18(28-19)27-16-11-20(26-15-5-2-3-6-17(15)32)30-31-14(12-24)13-25-21(16)31/h4,7-8,11,13,15,17,32H,2-3,5-6,9-10H2,1H3,(H,26,30)(H2,27,28,29,33)/t15-,17-/m1/s1. The summed E-state index contributed by atoms with van der Waals surface area (Å²) >= 11 is 0. The van der Waals surface area contributed by atoms with Crippen LogP contribution < -0.4 is 16.0 Å². The first kappa shape index (κ1) is 21.2. The van der Waals surface area contributed by atoms with Gasteiger partial charge in [-0.15, -0.1) is 5.10 Å². The van der Waals surface area contributed by atoms with Crippen LogP contribution in [0.1, 0.15) is 51.1 Å². The molecule has 0 bridgehead atoms. The molecule has 0 unspecified atom stereocenters. The summed E-state index contributed by atoms with van der Waals surface area (Å²) in [6.45, 7) is 1.95. The lowest BCUT2D eigenvalue weighted by molar-refractivity contribution is -0.120. The summed E-state index contributed by atoms with van der Waals surface area (Å²) in [7, 11) is 0. The van der Waals surface area contributed by atoms with Crippen LogP contribution in [0.15, 0.2) is 30.5 Å². The summed E-state index contributed by atoms with van der Waals surface area (Å²) in [5.74, 6) is 1.49. The van der Waals surface area contributed by atoms with Crippen molar-refractivity contribution in [3.63, 3.8) is 0 Å². The van der Waals surface area contributed by atoms with Crippen LogP contribution in [0, 0.1) is 16.7 Å². The fourth-order valence-corrected chi connectivity index (χ4v) is 4.07. The Morgan fingerprint density at radius 1 is 1.24 bits per heavy atom. The summed E-state index contributed by atoms with van der Waals surface area (Å²) in [5.41, 5.74) is 1.08. The number of aliphatic hydroxyl groups is 1. The number of hydrogen-bond donors (Lipinski definition) is 4. The third-order valence-electron chi connectivity index (χ3n) is 6.45. The normalized spacial score (nSPS) is 21.2. The topological polar surface area (TPSA) is 140 Å². The SMILES string of the molecule is CC1(C(=O)Nc2cccc(Nc3cc(N[C@@H]4CCCC[C@H]4O)nn4c(C#N)cnc34)n2)CC1. The molecule has 170 valence electrons. The number of anilines is 4. The molecule has 4 N–H and O–H groups in total. The number of carbonyl (C=O) groups excluding carboxylic acids is 1. The van der Waals surface area contributed by atoms with Crippen LogP contribution in [0.2, 0.25) is 0 Å². The van der Waals surface area contributed by atoms with Crippen LogP contribution in [0.5, 0.6) is 0 Å². The van der Waals surface area contributed by atoms with Crippen LogP contribution in [0.4, 0.5) is 23.1 Å². The molecule has 10 nitrogen and oxygen atoms in total. The number of nitrogens with one attached hydrogen (secondary N) is 3. The first-order valence-corrected chi connectivity index (χ1v) is 11.2. The number of nitrogens with zero attached hydrogens (tertiary/aromatic N) is 5. The molecule has 5 rings (SSSR count). The molecule has 2 aliphatic carbocycles. The Hall–Kier alpha value is -3.71. The highest BCUT2D eigenvalue weighted by atomic mass is 16.3. The van der Waals surface area contributed by atoms with Crippen molar-refractivity contribution in [3.8, 4) is 6.07 Å². The number of aliphatic hydroxyl groups excluding tert-OH is 1. The number of fused-ring (bicyclic) bond motifs is 1. The smallest absolute Gasteiger partial charge is 0.231 e. The largest absolute Gasteiger partial charge is 0.391 e. The predicted molar refractivity (Wildman–Crippen MR) is 123 cm³/mol. The Morgan fingerprint density at radius 2 is 2.03 bits per heavy atom. The zero-order valence-electron chi connectivity index (χ0n) is 18.4. The van der Waals surface area contributed by atoms with E-state index in [2.05, 4.69) is 37.1 Å². The fraction of sp³-hybridized carbons (Fsp3) is 0.435. The Balaban J connectivity index is 1.43. The van der Waals surface area contributed by atoms with E-state index in [1.54, 1.807) is 18.2 Å². The summed E-state index contributed by atoms with van der Waals surface area (Å²) in [5, 5.41) is 33.8. The molecule has 10 heteroatoms. The van der Waals surface area contributed by atoms with E-state index in [0.717, 1.165) is 38.5 Å². The number of hydrogen-bond acceptors (Lipinski definition) is 8. The van der Waals surface area contributed by atoms with Crippen molar-refractivity contribution < 1.29 is 9.90 Å². The van der Waals surface area contributed by atoms with Gasteiger partial charge < -0.3 is 21.1 Å². The highest BCUT2D eigenvalue weighted by Gasteiger charge is 2.45. The number of imidazole rings is 1. The maximum Gasteiger partial charge on any atom is 0.231 e. The van der Waals surface area contributed by atoms with E-state index in [1.807, 2.05) is 13.0 Å². The van der Waals surface area contributed by atoms with Crippen molar-refractivity contribution >= 4 is 34.7 Å². The molecule has 2 atom stereocenters. The molecule has 2 saturated carbocycles. The second-order valence-corrected chi connectivity index (χ2v) is 9.08. The van der Waals surface area contributed by atoms with Gasteiger partial charge in [0.2, 0.25) is 5.91 Å². The molecule has 0 radical (unpaired) electrons. The Bertz CT molecular complexity index is 1240. The van der Waals surface area contributed by atoms with Crippen LogP contribution in [0.25, 0.3) is 5.65 Å². The number of rotatable bonds is 6. The lowest BCUT2D eigenvalue weighted by Crippen LogP contribution is -2.36. The lowest BCUT2D eigenvalue weighted by atomic mass is 9.92. The van der Waals surface area contributed by atoms with Crippen molar-refractivity contribution in [2.45, 2.75) is 57.6 Å². The molecular formula is C23H26N8O2. The molecule has 1 amide bonds. The quantitative estimate of drug-likeness (QED) is 0.452. The van der Waals surface area contributed by atoms with E-state index in [1.165, 1.54) is 10.7 Å². The average molecular weight is 447 g/mol. The van der Waals surface area contributed by atoms with Crippen LogP contribution in [-0.2, 0) is 4.79 Å². The first-order valence-electron chi connectivity index (χ1n) is 11.2. The van der Waals surface area contributed by atoms with Gasteiger partial charge in [-0.1, -0.05) is 25.8 Å². The van der Waals surface area contributed by atoms with Crippen LogP contribution in [0.3, 0.4) is 0 Å². The van der Waals surface area contributed by atoms with E-state index in [0.29, 0.717) is 34.5 Å². The maximum absolute atomic E-state index is 12.4. The van der Waals surface area contributed by atoms with Crippen LogP contribution in [-0.4, -0.2) is 42.7 Å². The summed E-state index contributed by atoms with van der Waals surface area (Å²) in [4.78, 5) is 21.2. The van der Waals surface area contributed by atoms with Crippen molar-refractivity contribution in [2.24, 2.45) is 5.41 Å². The van der Waals surface area contributed by atoms with Gasteiger partial charge in [-0.3, -0.25) is 4.79 Å². The molecule has 0 saturated heterocycles. The predicted octanol–water partition coefficient (Wildman–Crippen LogP) is 3.19. The molecule has 0 aliphatic heterocycles. The van der Waals surface area contributed by atoms with E-state index in [4.69, 9.17) is 0 Å². The van der Waals surface area contributed by atoms with Gasteiger partial charge in [-0.25, -0.2) is 9.97 Å². The maximum atomic E-state index is 12.4. The first-order chi connectivity index (χ1) is 15.9. The lowest BCUT2D eigenvalue weighted by Gasteiger charge is -2.28. The molecular weight excluding hydrogens is 420 g/mol. The second-order valence-electron chi connectivity index (χ2n) is 9.08. The highest BCUT2D eigenvalue weighted by Crippen LogP contribution is 2.45. The molecule has 2 aliphatic rings. The molecule has 33 heavy (non-hydrogen) atoms. The van der Waals surface area contributed by atoms with E-state index < -0.39 is 6.10 Å². The molecule has 0 aromatic carbocycles. The van der Waals surface area contributed by atoms with Gasteiger partial charge in [0.15, 0.2) is 11.3 Å². The van der Waals surface area contributed by atoms with Gasteiger partial charge in [0.05, 0.1) is 24.0 Å².